The van der Waals surface area contributed by atoms with Crippen LogP contribution in [0.3, 0.4) is 0 Å². The second-order valence-corrected chi connectivity index (χ2v) is 10.4. The van der Waals surface area contributed by atoms with Crippen LogP contribution in [0.4, 0.5) is 16.9 Å². The molecule has 1 atom stereocenters. The van der Waals surface area contributed by atoms with E-state index in [0.29, 0.717) is 17.6 Å². The molecule has 0 spiro atoms. The number of rotatable bonds is 4. The van der Waals surface area contributed by atoms with Crippen LogP contribution in [0.25, 0.3) is 21.5 Å². The van der Waals surface area contributed by atoms with Crippen molar-refractivity contribution in [2.24, 2.45) is 5.92 Å². The molecule has 3 aromatic heterocycles. The van der Waals surface area contributed by atoms with Crippen LogP contribution in [0.1, 0.15) is 36.6 Å². The summed E-state index contributed by atoms with van der Waals surface area (Å²) in [6, 6.07) is 8.34. The van der Waals surface area contributed by atoms with Crippen molar-refractivity contribution >= 4 is 38.6 Å². The number of pyridine rings is 1. The Labute approximate surface area is 202 Å². The molecule has 1 fully saturated rings. The zero-order valence-corrected chi connectivity index (χ0v) is 20.1. The zero-order valence-electron chi connectivity index (χ0n) is 19.3. The molecule has 0 saturated heterocycles. The number of hydrogen-bond acceptors (Lipinski definition) is 9. The Morgan fingerprint density at radius 1 is 1.12 bits per heavy atom. The summed E-state index contributed by atoms with van der Waals surface area (Å²) in [4.78, 5) is 21.3. The molecule has 174 valence electrons. The first-order valence-corrected chi connectivity index (χ1v) is 12.4. The number of aryl methyl sites for hydroxylation is 1. The van der Waals surface area contributed by atoms with Gasteiger partial charge in [0.15, 0.2) is 5.13 Å². The summed E-state index contributed by atoms with van der Waals surface area (Å²) in [5.41, 5.74) is 18.1. The van der Waals surface area contributed by atoms with Crippen molar-refractivity contribution in [2.75, 3.05) is 22.9 Å². The number of nitrogens with two attached hydrogens (primary N) is 2. The van der Waals surface area contributed by atoms with E-state index in [9.17, 15) is 0 Å². The molecule has 1 unspecified atom stereocenters. The van der Waals surface area contributed by atoms with E-state index >= 15 is 0 Å². The molecule has 1 aliphatic heterocycles. The van der Waals surface area contributed by atoms with Crippen LogP contribution in [0.5, 0.6) is 5.75 Å². The van der Waals surface area contributed by atoms with Gasteiger partial charge in [-0.15, -0.1) is 0 Å². The van der Waals surface area contributed by atoms with E-state index in [1.807, 2.05) is 19.2 Å². The van der Waals surface area contributed by atoms with Gasteiger partial charge in [-0.2, -0.15) is 4.98 Å². The number of anilines is 3. The van der Waals surface area contributed by atoms with Gasteiger partial charge in [-0.05, 0) is 62.8 Å². The molecule has 9 heteroatoms. The predicted molar refractivity (Wildman–Crippen MR) is 136 cm³/mol. The first-order valence-electron chi connectivity index (χ1n) is 11.6. The Kier molecular flexibility index (Phi) is 5.02. The maximum absolute atomic E-state index is 6.31. The van der Waals surface area contributed by atoms with Gasteiger partial charge in [0.25, 0.3) is 0 Å². The van der Waals surface area contributed by atoms with E-state index < -0.39 is 0 Å². The Hall–Kier alpha value is -3.46. The maximum atomic E-state index is 6.31. The molecule has 0 bridgehead atoms. The van der Waals surface area contributed by atoms with E-state index in [4.69, 9.17) is 21.2 Å². The van der Waals surface area contributed by atoms with Crippen molar-refractivity contribution in [3.05, 3.63) is 47.3 Å². The summed E-state index contributed by atoms with van der Waals surface area (Å²) >= 11 is 1.40. The van der Waals surface area contributed by atoms with Crippen molar-refractivity contribution in [3.63, 3.8) is 0 Å². The van der Waals surface area contributed by atoms with E-state index in [2.05, 4.69) is 45.0 Å². The molecule has 6 rings (SSSR count). The van der Waals surface area contributed by atoms with E-state index in [1.165, 1.54) is 29.7 Å². The maximum Gasteiger partial charge on any atom is 0.222 e. The largest absolute Gasteiger partial charge is 0.489 e. The second-order valence-electron chi connectivity index (χ2n) is 9.35. The van der Waals surface area contributed by atoms with Gasteiger partial charge in [0.05, 0.1) is 6.54 Å². The fourth-order valence-electron chi connectivity index (χ4n) is 4.70. The van der Waals surface area contributed by atoms with Gasteiger partial charge in [-0.25, -0.2) is 15.0 Å². The van der Waals surface area contributed by atoms with Crippen molar-refractivity contribution in [2.45, 2.75) is 45.8 Å². The average molecular weight is 474 g/mol. The third-order valence-electron chi connectivity index (χ3n) is 6.52. The lowest BCUT2D eigenvalue weighted by Crippen LogP contribution is -2.33. The van der Waals surface area contributed by atoms with Gasteiger partial charge in [0, 0.05) is 35.1 Å². The van der Waals surface area contributed by atoms with Crippen molar-refractivity contribution in [3.8, 4) is 16.9 Å². The second kappa shape index (κ2) is 8.09. The van der Waals surface area contributed by atoms with Gasteiger partial charge in [0.1, 0.15) is 28.0 Å². The third-order valence-corrected chi connectivity index (χ3v) is 7.33. The van der Waals surface area contributed by atoms with Crippen LogP contribution in [-0.2, 0) is 13.0 Å². The monoisotopic (exact) mass is 473 g/mol. The molecule has 1 saturated carbocycles. The summed E-state index contributed by atoms with van der Waals surface area (Å²) in [5.74, 6) is 2.88. The van der Waals surface area contributed by atoms with Crippen LogP contribution in [0.15, 0.2) is 30.5 Å². The highest BCUT2D eigenvalue weighted by atomic mass is 32.1. The summed E-state index contributed by atoms with van der Waals surface area (Å²) in [6.07, 6.45) is 5.44. The highest BCUT2D eigenvalue weighted by Gasteiger charge is 2.29. The Morgan fingerprint density at radius 3 is 2.79 bits per heavy atom. The smallest absolute Gasteiger partial charge is 0.222 e. The van der Waals surface area contributed by atoms with Crippen molar-refractivity contribution < 1.29 is 4.74 Å². The Morgan fingerprint density at radius 2 is 1.97 bits per heavy atom. The molecule has 1 aliphatic carbocycles. The molecular weight excluding hydrogens is 446 g/mol. The average Bonchev–Trinajstić information content (AvgIpc) is 3.56. The number of fused-ring (bicyclic) bond motifs is 2. The number of aromatic nitrogens is 4. The van der Waals surface area contributed by atoms with Crippen molar-refractivity contribution in [1.82, 2.24) is 19.9 Å². The summed E-state index contributed by atoms with van der Waals surface area (Å²) in [6.45, 7) is 5.54. The molecule has 4 N–H and O–H groups in total. The van der Waals surface area contributed by atoms with E-state index in [-0.39, 0.29) is 6.10 Å². The molecule has 0 amide bonds. The van der Waals surface area contributed by atoms with Gasteiger partial charge < -0.3 is 21.1 Å². The molecule has 1 aromatic carbocycles. The predicted octanol–water partition coefficient (Wildman–Crippen LogP) is 4.36. The summed E-state index contributed by atoms with van der Waals surface area (Å²) in [7, 11) is 0. The molecule has 8 nitrogen and oxygen atoms in total. The minimum atomic E-state index is 0.00775. The lowest BCUT2D eigenvalue weighted by atomic mass is 10.0. The fraction of sp³-hybridized carbons (Fsp3) is 0.360. The zero-order chi connectivity index (χ0) is 23.4. The molecule has 4 aromatic rings. The topological polar surface area (TPSA) is 116 Å². The van der Waals surface area contributed by atoms with Gasteiger partial charge in [-0.1, -0.05) is 17.4 Å². The highest BCUT2D eigenvalue weighted by Crippen LogP contribution is 2.38. The number of hydrogen-bond donors (Lipinski definition) is 2. The lowest BCUT2D eigenvalue weighted by molar-refractivity contribution is 0.232. The summed E-state index contributed by atoms with van der Waals surface area (Å²) in [5, 5.41) is 0.529. The number of ether oxygens (including phenoxy) is 1. The van der Waals surface area contributed by atoms with Crippen LogP contribution in [0, 0.1) is 12.8 Å². The van der Waals surface area contributed by atoms with Crippen LogP contribution in [0.2, 0.25) is 0 Å². The highest BCUT2D eigenvalue weighted by molar-refractivity contribution is 7.21. The normalized spacial score (nSPS) is 17.9. The minimum absolute atomic E-state index is 0.00775. The Balaban J connectivity index is 1.39. The molecule has 0 radical (unpaired) electrons. The standard InChI is InChI=1S/C25H27N7OS/c1-13-11-32(22-19(7-15-3-4-15)14(2)29-24(26)31-22)12-18-8-16(5-6-21(18)33-13)17-9-20-23(28-10-17)34-25(27)30-20/h5-6,8-10,13,15H,3-4,7,11-12H2,1-2H3,(H2,27,30)(H2,26,29,31). The minimum Gasteiger partial charge on any atom is -0.489 e. The van der Waals surface area contributed by atoms with E-state index in [1.54, 1.807) is 0 Å². The number of thiazole rings is 1. The molecule has 4 heterocycles. The summed E-state index contributed by atoms with van der Waals surface area (Å²) < 4.78 is 6.31. The first kappa shape index (κ1) is 21.1. The lowest BCUT2D eigenvalue weighted by Gasteiger charge is -2.26. The quantitative estimate of drug-likeness (QED) is 0.449. The Bertz CT molecular complexity index is 1400. The van der Waals surface area contributed by atoms with Crippen LogP contribution >= 0.6 is 11.3 Å². The fourth-order valence-corrected chi connectivity index (χ4v) is 5.36. The third kappa shape index (κ3) is 4.00. The van der Waals surface area contributed by atoms with Crippen molar-refractivity contribution in [1.29, 1.82) is 0 Å². The molecule has 2 aliphatic rings. The number of nitrogens with zero attached hydrogens (tertiary/aromatic N) is 5. The number of nitrogen functional groups attached to an aromatic ring is 2. The van der Waals surface area contributed by atoms with Crippen LogP contribution < -0.4 is 21.1 Å². The van der Waals surface area contributed by atoms with Gasteiger partial charge in [0.2, 0.25) is 5.95 Å². The number of benzene rings is 1. The molecule has 34 heavy (non-hydrogen) atoms. The SMILES string of the molecule is Cc1nc(N)nc(N2Cc3cc(-c4cnc5sc(N)nc5c4)ccc3OC(C)C2)c1CC1CC1. The molecular formula is C25H27N7OS. The van der Waals surface area contributed by atoms with Crippen LogP contribution in [-0.4, -0.2) is 32.6 Å². The first-order chi connectivity index (χ1) is 16.4. The van der Waals surface area contributed by atoms with Gasteiger partial charge in [-0.3, -0.25) is 0 Å². The van der Waals surface area contributed by atoms with E-state index in [0.717, 1.165) is 63.2 Å². The van der Waals surface area contributed by atoms with Gasteiger partial charge >= 0.3 is 0 Å².